The van der Waals surface area contributed by atoms with Gasteiger partial charge >= 0.3 is 0 Å². The minimum atomic E-state index is 0.500. The van der Waals surface area contributed by atoms with Crippen molar-refractivity contribution in [2.24, 2.45) is 0 Å². The molecule has 0 bridgehead atoms. The number of nitrogens with one attached hydrogen (secondary N) is 1. The number of H-pyrrole nitrogens is 1. The highest BCUT2D eigenvalue weighted by Gasteiger charge is 2.07. The Morgan fingerprint density at radius 3 is 2.65 bits per heavy atom. The van der Waals surface area contributed by atoms with Crippen LogP contribution < -0.4 is 5.73 Å². The van der Waals surface area contributed by atoms with Crippen LogP contribution in [0.15, 0.2) is 36.4 Å². The number of aromatic nitrogens is 3. The fourth-order valence-corrected chi connectivity index (χ4v) is 1.88. The van der Waals surface area contributed by atoms with Crippen LogP contribution in [0.3, 0.4) is 0 Å². The van der Waals surface area contributed by atoms with Crippen LogP contribution in [0, 0.1) is 6.92 Å². The van der Waals surface area contributed by atoms with Crippen LogP contribution in [0.25, 0.3) is 22.6 Å². The van der Waals surface area contributed by atoms with E-state index in [-0.39, 0.29) is 0 Å². The fourth-order valence-electron chi connectivity index (χ4n) is 1.88. The molecule has 17 heavy (non-hydrogen) atoms. The molecule has 3 rings (SSSR count). The van der Waals surface area contributed by atoms with E-state index in [1.165, 1.54) is 0 Å². The number of pyridine rings is 1. The molecule has 0 unspecified atom stereocenters. The topological polar surface area (TPSA) is 67.6 Å². The van der Waals surface area contributed by atoms with Gasteiger partial charge in [-0.1, -0.05) is 18.2 Å². The zero-order valence-corrected chi connectivity index (χ0v) is 9.44. The normalized spacial score (nSPS) is 10.9. The highest BCUT2D eigenvalue weighted by molar-refractivity contribution is 5.81. The number of nitrogen functional groups attached to an aromatic ring is 1. The first-order chi connectivity index (χ1) is 8.24. The largest absolute Gasteiger partial charge is 0.384 e. The standard InChI is InChI=1S/C13H12N4/c1-8-4-2-5-9-12(8)17-13(16-9)10-6-3-7-11(14)15-10/h2-7H,1H3,(H2,14,15)(H,16,17). The SMILES string of the molecule is Cc1cccc2[nH]c(-c3cccc(N)n3)nc12. The zero-order valence-electron chi connectivity index (χ0n) is 9.44. The van der Waals surface area contributed by atoms with Crippen LogP contribution >= 0.6 is 0 Å². The summed E-state index contributed by atoms with van der Waals surface area (Å²) >= 11 is 0. The van der Waals surface area contributed by atoms with Crippen molar-refractivity contribution in [2.45, 2.75) is 6.92 Å². The van der Waals surface area contributed by atoms with E-state index in [0.29, 0.717) is 5.82 Å². The number of anilines is 1. The summed E-state index contributed by atoms with van der Waals surface area (Å²) in [5.41, 5.74) is 9.58. The van der Waals surface area contributed by atoms with Gasteiger partial charge in [0.2, 0.25) is 0 Å². The van der Waals surface area contributed by atoms with E-state index >= 15 is 0 Å². The van der Waals surface area contributed by atoms with Crippen molar-refractivity contribution in [2.75, 3.05) is 5.73 Å². The number of fused-ring (bicyclic) bond motifs is 1. The second-order valence-corrected chi connectivity index (χ2v) is 4.00. The van der Waals surface area contributed by atoms with Gasteiger partial charge < -0.3 is 10.7 Å². The van der Waals surface area contributed by atoms with Crippen molar-refractivity contribution in [3.05, 3.63) is 42.0 Å². The third-order valence-corrected chi connectivity index (χ3v) is 2.73. The Hall–Kier alpha value is -2.36. The van der Waals surface area contributed by atoms with Crippen LogP contribution in [0.5, 0.6) is 0 Å². The molecule has 0 radical (unpaired) electrons. The molecule has 3 N–H and O–H groups in total. The van der Waals surface area contributed by atoms with Crippen molar-refractivity contribution in [1.29, 1.82) is 0 Å². The maximum atomic E-state index is 5.67. The molecule has 84 valence electrons. The Bertz CT molecular complexity index is 685. The molecular weight excluding hydrogens is 212 g/mol. The summed E-state index contributed by atoms with van der Waals surface area (Å²) in [4.78, 5) is 12.1. The number of hydrogen-bond donors (Lipinski definition) is 2. The first kappa shape index (κ1) is 9.84. The Labute approximate surface area is 98.5 Å². The second kappa shape index (κ2) is 3.59. The smallest absolute Gasteiger partial charge is 0.157 e. The molecule has 0 aliphatic carbocycles. The summed E-state index contributed by atoms with van der Waals surface area (Å²) in [6.07, 6.45) is 0. The van der Waals surface area contributed by atoms with Gasteiger partial charge in [0, 0.05) is 0 Å². The molecule has 1 aromatic carbocycles. The molecule has 3 aromatic rings. The molecule has 0 saturated carbocycles. The van der Waals surface area contributed by atoms with E-state index in [1.807, 2.05) is 37.3 Å². The number of aromatic amines is 1. The molecule has 0 atom stereocenters. The number of aryl methyl sites for hydroxylation is 1. The molecule has 2 heterocycles. The molecule has 0 amide bonds. The quantitative estimate of drug-likeness (QED) is 0.667. The van der Waals surface area contributed by atoms with Gasteiger partial charge in [0.15, 0.2) is 5.82 Å². The van der Waals surface area contributed by atoms with Crippen molar-refractivity contribution in [3.8, 4) is 11.5 Å². The number of hydrogen-bond acceptors (Lipinski definition) is 3. The summed E-state index contributed by atoms with van der Waals surface area (Å²) in [5, 5.41) is 0. The van der Waals surface area contributed by atoms with Crippen molar-refractivity contribution in [1.82, 2.24) is 15.0 Å². The van der Waals surface area contributed by atoms with Crippen molar-refractivity contribution < 1.29 is 0 Å². The van der Waals surface area contributed by atoms with E-state index in [2.05, 4.69) is 15.0 Å². The second-order valence-electron chi connectivity index (χ2n) is 4.00. The number of rotatable bonds is 1. The minimum Gasteiger partial charge on any atom is -0.384 e. The lowest BCUT2D eigenvalue weighted by molar-refractivity contribution is 1.24. The number of para-hydroxylation sites is 1. The third kappa shape index (κ3) is 1.63. The zero-order chi connectivity index (χ0) is 11.8. The molecule has 2 aromatic heterocycles. The number of benzene rings is 1. The summed E-state index contributed by atoms with van der Waals surface area (Å²) in [7, 11) is 0. The molecule has 0 aliphatic rings. The number of nitrogens with zero attached hydrogens (tertiary/aromatic N) is 2. The van der Waals surface area contributed by atoms with Crippen LogP contribution in [0.4, 0.5) is 5.82 Å². The summed E-state index contributed by atoms with van der Waals surface area (Å²) in [6.45, 7) is 2.04. The van der Waals surface area contributed by atoms with E-state index in [9.17, 15) is 0 Å². The highest BCUT2D eigenvalue weighted by Crippen LogP contribution is 2.21. The highest BCUT2D eigenvalue weighted by atomic mass is 15.0. The number of nitrogens with two attached hydrogens (primary N) is 1. The maximum absolute atomic E-state index is 5.67. The first-order valence-corrected chi connectivity index (χ1v) is 5.42. The van der Waals surface area contributed by atoms with Gasteiger partial charge in [-0.3, -0.25) is 0 Å². The van der Waals surface area contributed by atoms with Gasteiger partial charge in [0.25, 0.3) is 0 Å². The van der Waals surface area contributed by atoms with Gasteiger partial charge in [-0.25, -0.2) is 9.97 Å². The van der Waals surface area contributed by atoms with E-state index in [4.69, 9.17) is 5.73 Å². The van der Waals surface area contributed by atoms with Gasteiger partial charge in [0.05, 0.1) is 11.0 Å². The Balaban J connectivity index is 2.22. The molecule has 0 spiro atoms. The summed E-state index contributed by atoms with van der Waals surface area (Å²) in [5.74, 6) is 1.25. The molecule has 4 nitrogen and oxygen atoms in total. The average Bonchev–Trinajstić information content (AvgIpc) is 2.74. The lowest BCUT2D eigenvalue weighted by Gasteiger charge is -1.96. The molecule has 0 aliphatic heterocycles. The van der Waals surface area contributed by atoms with Crippen molar-refractivity contribution in [3.63, 3.8) is 0 Å². The van der Waals surface area contributed by atoms with E-state index in [1.54, 1.807) is 6.07 Å². The average molecular weight is 224 g/mol. The Morgan fingerprint density at radius 1 is 1.06 bits per heavy atom. The fraction of sp³-hybridized carbons (Fsp3) is 0.0769. The molecule has 0 fully saturated rings. The lowest BCUT2D eigenvalue weighted by atomic mass is 10.2. The van der Waals surface area contributed by atoms with Crippen LogP contribution in [0.1, 0.15) is 5.56 Å². The van der Waals surface area contributed by atoms with Gasteiger partial charge in [-0.05, 0) is 30.7 Å². The predicted octanol–water partition coefficient (Wildman–Crippen LogP) is 2.52. The molecule has 0 saturated heterocycles. The first-order valence-electron chi connectivity index (χ1n) is 5.42. The van der Waals surface area contributed by atoms with Crippen LogP contribution in [0.2, 0.25) is 0 Å². The Kier molecular flexibility index (Phi) is 2.08. The van der Waals surface area contributed by atoms with Gasteiger partial charge in [-0.15, -0.1) is 0 Å². The van der Waals surface area contributed by atoms with Crippen LogP contribution in [-0.4, -0.2) is 15.0 Å². The lowest BCUT2D eigenvalue weighted by Crippen LogP contribution is -1.92. The minimum absolute atomic E-state index is 0.500. The maximum Gasteiger partial charge on any atom is 0.157 e. The third-order valence-electron chi connectivity index (χ3n) is 2.73. The monoisotopic (exact) mass is 224 g/mol. The summed E-state index contributed by atoms with van der Waals surface area (Å²) in [6, 6.07) is 11.6. The molecule has 4 heteroatoms. The molecular formula is C13H12N4. The summed E-state index contributed by atoms with van der Waals surface area (Å²) < 4.78 is 0. The predicted molar refractivity (Wildman–Crippen MR) is 68.5 cm³/mol. The van der Waals surface area contributed by atoms with Gasteiger partial charge in [-0.2, -0.15) is 0 Å². The van der Waals surface area contributed by atoms with Crippen LogP contribution in [-0.2, 0) is 0 Å². The number of imidazole rings is 1. The van der Waals surface area contributed by atoms with E-state index < -0.39 is 0 Å². The Morgan fingerprint density at radius 2 is 1.88 bits per heavy atom. The van der Waals surface area contributed by atoms with E-state index in [0.717, 1.165) is 28.1 Å². The van der Waals surface area contributed by atoms with Gasteiger partial charge in [0.1, 0.15) is 11.5 Å². The van der Waals surface area contributed by atoms with Crippen molar-refractivity contribution >= 4 is 16.9 Å².